The van der Waals surface area contributed by atoms with Gasteiger partial charge in [-0.1, -0.05) is 18.2 Å². The van der Waals surface area contributed by atoms with Crippen molar-refractivity contribution in [1.29, 1.82) is 0 Å². The Morgan fingerprint density at radius 1 is 1.04 bits per heavy atom. The van der Waals surface area contributed by atoms with Gasteiger partial charge in [-0.25, -0.2) is 9.97 Å². The predicted octanol–water partition coefficient (Wildman–Crippen LogP) is 3.86. The highest BCUT2D eigenvalue weighted by Crippen LogP contribution is 2.27. The molecule has 6 nitrogen and oxygen atoms in total. The van der Waals surface area contributed by atoms with Crippen molar-refractivity contribution in [2.24, 2.45) is 0 Å². The third-order valence-corrected chi connectivity index (χ3v) is 5.06. The Kier molecular flexibility index (Phi) is 5.10. The molecule has 1 saturated heterocycles. The number of aryl methyl sites for hydroxylation is 2. The number of aromatic nitrogens is 2. The van der Waals surface area contributed by atoms with Gasteiger partial charge >= 0.3 is 0 Å². The quantitative estimate of drug-likeness (QED) is 0.732. The minimum Gasteiger partial charge on any atom is -0.484 e. The summed E-state index contributed by atoms with van der Waals surface area (Å²) in [5.74, 6) is 1.66. The molecule has 28 heavy (non-hydrogen) atoms. The second-order valence-electron chi connectivity index (χ2n) is 7.16. The van der Waals surface area contributed by atoms with Crippen LogP contribution in [0.4, 0.5) is 11.6 Å². The number of nitrogens with one attached hydrogen (secondary N) is 1. The first kappa shape index (κ1) is 18.2. The van der Waals surface area contributed by atoms with E-state index in [0.717, 1.165) is 48.3 Å². The molecule has 1 fully saturated rings. The van der Waals surface area contributed by atoms with Gasteiger partial charge in [0.1, 0.15) is 5.75 Å². The average molecular weight is 376 g/mol. The van der Waals surface area contributed by atoms with Crippen LogP contribution in [0.1, 0.15) is 24.0 Å². The fourth-order valence-electron chi connectivity index (χ4n) is 3.34. The van der Waals surface area contributed by atoms with E-state index in [4.69, 9.17) is 9.72 Å². The van der Waals surface area contributed by atoms with Crippen molar-refractivity contribution >= 4 is 28.6 Å². The highest BCUT2D eigenvalue weighted by molar-refractivity contribution is 5.95. The molecule has 2 aromatic carbocycles. The number of hydrogen-bond donors (Lipinski definition) is 1. The van der Waals surface area contributed by atoms with Crippen molar-refractivity contribution in [3.8, 4) is 5.75 Å². The van der Waals surface area contributed by atoms with Crippen LogP contribution in [0.15, 0.2) is 42.5 Å². The van der Waals surface area contributed by atoms with Crippen molar-refractivity contribution in [2.75, 3.05) is 29.9 Å². The number of amides is 1. The Hall–Kier alpha value is -3.15. The molecule has 0 aliphatic carbocycles. The summed E-state index contributed by atoms with van der Waals surface area (Å²) in [6.45, 7) is 5.85. The lowest BCUT2D eigenvalue weighted by Gasteiger charge is -2.20. The Morgan fingerprint density at radius 2 is 1.75 bits per heavy atom. The predicted molar refractivity (Wildman–Crippen MR) is 111 cm³/mol. The number of anilines is 2. The molecule has 144 valence electrons. The minimum atomic E-state index is -0.247. The van der Waals surface area contributed by atoms with E-state index in [1.807, 2.05) is 56.3 Å². The van der Waals surface area contributed by atoms with E-state index in [-0.39, 0.29) is 12.5 Å². The Bertz CT molecular complexity index is 1010. The van der Waals surface area contributed by atoms with Crippen LogP contribution < -0.4 is 15.0 Å². The van der Waals surface area contributed by atoms with E-state index in [9.17, 15) is 4.79 Å². The molecular weight excluding hydrogens is 352 g/mol. The summed E-state index contributed by atoms with van der Waals surface area (Å²) in [5, 5.41) is 2.90. The van der Waals surface area contributed by atoms with Gasteiger partial charge in [0.2, 0.25) is 0 Å². The zero-order valence-electron chi connectivity index (χ0n) is 16.2. The van der Waals surface area contributed by atoms with Crippen molar-refractivity contribution in [3.05, 3.63) is 53.6 Å². The molecule has 0 saturated carbocycles. The molecule has 1 aliphatic heterocycles. The molecule has 1 amide bonds. The van der Waals surface area contributed by atoms with Crippen LogP contribution in [-0.4, -0.2) is 35.6 Å². The largest absolute Gasteiger partial charge is 0.484 e. The lowest BCUT2D eigenvalue weighted by atomic mass is 10.1. The number of benzene rings is 2. The van der Waals surface area contributed by atoms with E-state index in [1.54, 1.807) is 0 Å². The fraction of sp³-hybridized carbons (Fsp3) is 0.318. The summed E-state index contributed by atoms with van der Waals surface area (Å²) in [5.41, 5.74) is 3.91. The molecule has 0 atom stereocenters. The number of ether oxygens (including phenoxy) is 1. The Labute approximate surface area is 164 Å². The lowest BCUT2D eigenvalue weighted by molar-refractivity contribution is -0.118. The molecular formula is C22H24N4O2. The zero-order chi connectivity index (χ0) is 19.5. The van der Waals surface area contributed by atoms with Crippen LogP contribution in [0.5, 0.6) is 5.75 Å². The molecule has 1 aromatic heterocycles. The average Bonchev–Trinajstić information content (AvgIpc) is 3.23. The molecule has 0 bridgehead atoms. The van der Waals surface area contributed by atoms with E-state index in [1.165, 1.54) is 5.56 Å². The molecule has 6 heteroatoms. The summed E-state index contributed by atoms with van der Waals surface area (Å²) >= 11 is 0. The highest BCUT2D eigenvalue weighted by Gasteiger charge is 2.20. The number of carbonyl (C=O) groups is 1. The van der Waals surface area contributed by atoms with Crippen molar-refractivity contribution in [1.82, 2.24) is 9.97 Å². The summed E-state index contributed by atoms with van der Waals surface area (Å²) in [6, 6.07) is 13.5. The monoisotopic (exact) mass is 376 g/mol. The van der Waals surface area contributed by atoms with E-state index < -0.39 is 0 Å². The van der Waals surface area contributed by atoms with Crippen LogP contribution in [-0.2, 0) is 4.79 Å². The van der Waals surface area contributed by atoms with Crippen LogP contribution >= 0.6 is 0 Å². The van der Waals surface area contributed by atoms with E-state index >= 15 is 0 Å². The van der Waals surface area contributed by atoms with Crippen molar-refractivity contribution in [2.45, 2.75) is 26.7 Å². The first-order chi connectivity index (χ1) is 13.6. The number of fused-ring (bicyclic) bond motifs is 1. The molecule has 3 aromatic rings. The van der Waals surface area contributed by atoms with Crippen molar-refractivity contribution in [3.63, 3.8) is 0 Å². The first-order valence-electron chi connectivity index (χ1n) is 9.62. The van der Waals surface area contributed by atoms with Crippen LogP contribution in [0, 0.1) is 13.8 Å². The number of rotatable bonds is 5. The summed E-state index contributed by atoms with van der Waals surface area (Å²) in [6.07, 6.45) is 2.25. The van der Waals surface area contributed by atoms with E-state index in [0.29, 0.717) is 11.6 Å². The smallest absolute Gasteiger partial charge is 0.263 e. The van der Waals surface area contributed by atoms with E-state index in [2.05, 4.69) is 15.2 Å². The number of para-hydroxylation sites is 2. The van der Waals surface area contributed by atoms with Crippen molar-refractivity contribution < 1.29 is 9.53 Å². The second kappa shape index (κ2) is 7.84. The summed E-state index contributed by atoms with van der Waals surface area (Å²) in [4.78, 5) is 24.1. The van der Waals surface area contributed by atoms with Crippen LogP contribution in [0.3, 0.4) is 0 Å². The van der Waals surface area contributed by atoms with Crippen LogP contribution in [0.2, 0.25) is 0 Å². The molecule has 4 rings (SSSR count). The van der Waals surface area contributed by atoms with Gasteiger partial charge in [0.25, 0.3) is 5.91 Å². The summed E-state index contributed by atoms with van der Waals surface area (Å²) < 4.78 is 5.65. The third-order valence-electron chi connectivity index (χ3n) is 5.06. The highest BCUT2D eigenvalue weighted by atomic mass is 16.5. The molecule has 0 unspecified atom stereocenters. The zero-order valence-corrected chi connectivity index (χ0v) is 16.2. The number of carbonyl (C=O) groups excluding carboxylic acids is 1. The topological polar surface area (TPSA) is 67.3 Å². The maximum absolute atomic E-state index is 12.5. The van der Waals surface area contributed by atoms with Crippen LogP contribution in [0.25, 0.3) is 11.0 Å². The van der Waals surface area contributed by atoms with Gasteiger partial charge in [0, 0.05) is 13.1 Å². The van der Waals surface area contributed by atoms with Gasteiger partial charge in [-0.15, -0.1) is 0 Å². The SMILES string of the molecule is Cc1ccc(OCC(=O)Nc2nc3ccccc3nc2N2CCCC2)cc1C. The van der Waals surface area contributed by atoms with Gasteiger partial charge < -0.3 is 15.0 Å². The number of nitrogens with zero attached hydrogens (tertiary/aromatic N) is 3. The fourth-order valence-corrected chi connectivity index (χ4v) is 3.34. The van der Waals surface area contributed by atoms with Gasteiger partial charge in [-0.05, 0) is 62.1 Å². The molecule has 0 radical (unpaired) electrons. The third kappa shape index (κ3) is 3.91. The molecule has 0 spiro atoms. The normalized spacial score (nSPS) is 13.7. The summed E-state index contributed by atoms with van der Waals surface area (Å²) in [7, 11) is 0. The Morgan fingerprint density at radius 3 is 2.46 bits per heavy atom. The molecule has 1 aliphatic rings. The molecule has 2 heterocycles. The Balaban J connectivity index is 1.53. The second-order valence-corrected chi connectivity index (χ2v) is 7.16. The standard InChI is InChI=1S/C22H24N4O2/c1-15-9-10-17(13-16(15)2)28-14-20(27)25-21-22(26-11-5-6-12-26)24-19-8-4-3-7-18(19)23-21/h3-4,7-10,13H,5-6,11-12,14H2,1-2H3,(H,23,25,27). The maximum Gasteiger partial charge on any atom is 0.263 e. The lowest BCUT2D eigenvalue weighted by Crippen LogP contribution is -2.25. The van der Waals surface area contributed by atoms with Gasteiger partial charge in [-0.2, -0.15) is 0 Å². The van der Waals surface area contributed by atoms with Gasteiger partial charge in [-0.3, -0.25) is 4.79 Å². The van der Waals surface area contributed by atoms with Gasteiger partial charge in [0.15, 0.2) is 18.2 Å². The van der Waals surface area contributed by atoms with Gasteiger partial charge in [0.05, 0.1) is 11.0 Å². The number of hydrogen-bond acceptors (Lipinski definition) is 5. The first-order valence-corrected chi connectivity index (χ1v) is 9.62. The minimum absolute atomic E-state index is 0.0730. The molecule has 1 N–H and O–H groups in total. The maximum atomic E-state index is 12.5.